The van der Waals surface area contributed by atoms with Crippen LogP contribution in [-0.4, -0.2) is 43.6 Å². The molecule has 0 spiro atoms. The highest BCUT2D eigenvalue weighted by Gasteiger charge is 2.31. The zero-order chi connectivity index (χ0) is 13.6. The van der Waals surface area contributed by atoms with Crippen molar-refractivity contribution in [3.63, 3.8) is 0 Å². The van der Waals surface area contributed by atoms with Gasteiger partial charge in [-0.2, -0.15) is 17.4 Å². The van der Waals surface area contributed by atoms with E-state index >= 15 is 0 Å². The van der Waals surface area contributed by atoms with E-state index in [9.17, 15) is 13.5 Å². The summed E-state index contributed by atoms with van der Waals surface area (Å²) in [6.45, 7) is 2.68. The Morgan fingerprint density at radius 2 is 1.89 bits per heavy atom. The first-order chi connectivity index (χ1) is 8.40. The van der Waals surface area contributed by atoms with Crippen molar-refractivity contribution < 1.29 is 13.5 Å². The third kappa shape index (κ3) is 4.84. The smallest absolute Gasteiger partial charge is 0.279 e. The van der Waals surface area contributed by atoms with Gasteiger partial charge < -0.3 is 5.11 Å². The molecule has 1 aliphatic rings. The number of hydrogen-bond donors (Lipinski definition) is 2. The lowest BCUT2D eigenvalue weighted by Crippen LogP contribution is -2.48. The van der Waals surface area contributed by atoms with Crippen LogP contribution in [0.4, 0.5) is 0 Å². The second kappa shape index (κ2) is 6.84. The molecule has 0 saturated heterocycles. The molecule has 0 aromatic carbocycles. The minimum atomic E-state index is -3.45. The highest BCUT2D eigenvalue weighted by Crippen LogP contribution is 2.27. The molecule has 1 rings (SSSR count). The zero-order valence-electron chi connectivity index (χ0n) is 11.5. The fraction of sp³-hybridized carbons (Fsp3) is 1.00. The molecule has 0 aliphatic heterocycles. The lowest BCUT2D eigenvalue weighted by molar-refractivity contribution is 0.00918. The molecule has 0 aromatic heterocycles. The highest BCUT2D eigenvalue weighted by molar-refractivity contribution is 7.87. The van der Waals surface area contributed by atoms with Crippen LogP contribution < -0.4 is 4.72 Å². The van der Waals surface area contributed by atoms with Gasteiger partial charge in [0.2, 0.25) is 0 Å². The SMILES string of the molecule is CCCCN(C)S(=O)(=O)NCC1(O)CCCCC1. The van der Waals surface area contributed by atoms with E-state index in [0.29, 0.717) is 19.4 Å². The average Bonchev–Trinajstić information content (AvgIpc) is 2.35. The maximum atomic E-state index is 11.9. The van der Waals surface area contributed by atoms with Gasteiger partial charge in [-0.1, -0.05) is 32.6 Å². The van der Waals surface area contributed by atoms with E-state index in [0.717, 1.165) is 32.1 Å². The molecule has 5 nitrogen and oxygen atoms in total. The fourth-order valence-corrected chi connectivity index (χ4v) is 3.26. The van der Waals surface area contributed by atoms with Gasteiger partial charge in [-0.25, -0.2) is 0 Å². The predicted molar refractivity (Wildman–Crippen MR) is 72.5 cm³/mol. The Labute approximate surface area is 111 Å². The first kappa shape index (κ1) is 15.9. The van der Waals surface area contributed by atoms with Crippen LogP contribution in [0.15, 0.2) is 0 Å². The summed E-state index contributed by atoms with van der Waals surface area (Å²) in [4.78, 5) is 0. The third-order valence-corrected chi connectivity index (χ3v) is 5.12. The average molecular weight is 278 g/mol. The molecular formula is C12H26N2O3S. The second-order valence-corrected chi connectivity index (χ2v) is 7.15. The normalized spacial score (nSPS) is 20.2. The number of rotatable bonds is 7. The van der Waals surface area contributed by atoms with Gasteiger partial charge in [0.25, 0.3) is 10.2 Å². The van der Waals surface area contributed by atoms with E-state index in [1.807, 2.05) is 6.92 Å². The monoisotopic (exact) mass is 278 g/mol. The molecule has 0 heterocycles. The van der Waals surface area contributed by atoms with Gasteiger partial charge in [0.1, 0.15) is 0 Å². The molecule has 2 N–H and O–H groups in total. The summed E-state index contributed by atoms with van der Waals surface area (Å²) in [5.41, 5.74) is -0.850. The summed E-state index contributed by atoms with van der Waals surface area (Å²) in [6.07, 6.45) is 6.27. The van der Waals surface area contributed by atoms with Gasteiger partial charge in [0, 0.05) is 20.1 Å². The topological polar surface area (TPSA) is 69.6 Å². The van der Waals surface area contributed by atoms with Crippen LogP contribution in [0.25, 0.3) is 0 Å². The standard InChI is InChI=1S/C12H26N2O3S/c1-3-4-10-14(2)18(16,17)13-11-12(15)8-6-5-7-9-12/h13,15H,3-11H2,1-2H3. The van der Waals surface area contributed by atoms with Gasteiger partial charge in [-0.15, -0.1) is 0 Å². The lowest BCUT2D eigenvalue weighted by atomic mass is 9.85. The number of nitrogens with zero attached hydrogens (tertiary/aromatic N) is 1. The molecule has 0 radical (unpaired) electrons. The van der Waals surface area contributed by atoms with Gasteiger partial charge >= 0.3 is 0 Å². The Hall–Kier alpha value is -0.170. The summed E-state index contributed by atoms with van der Waals surface area (Å²) < 4.78 is 27.7. The van der Waals surface area contributed by atoms with Crippen LogP contribution in [0.1, 0.15) is 51.9 Å². The quantitative estimate of drug-likeness (QED) is 0.736. The minimum absolute atomic E-state index is 0.131. The van der Waals surface area contributed by atoms with Crippen molar-refractivity contribution >= 4 is 10.2 Å². The van der Waals surface area contributed by atoms with Crippen LogP contribution in [0.2, 0.25) is 0 Å². The molecule has 0 atom stereocenters. The maximum Gasteiger partial charge on any atom is 0.279 e. The van der Waals surface area contributed by atoms with Crippen LogP contribution in [0.5, 0.6) is 0 Å². The Kier molecular flexibility index (Phi) is 6.04. The Morgan fingerprint density at radius 1 is 1.28 bits per heavy atom. The zero-order valence-corrected chi connectivity index (χ0v) is 12.3. The molecule has 0 amide bonds. The highest BCUT2D eigenvalue weighted by atomic mass is 32.2. The number of nitrogens with one attached hydrogen (secondary N) is 1. The molecule has 1 saturated carbocycles. The van der Waals surface area contributed by atoms with Crippen molar-refractivity contribution in [2.75, 3.05) is 20.1 Å². The molecule has 18 heavy (non-hydrogen) atoms. The van der Waals surface area contributed by atoms with E-state index in [2.05, 4.69) is 4.72 Å². The van der Waals surface area contributed by atoms with Crippen molar-refractivity contribution in [1.29, 1.82) is 0 Å². The minimum Gasteiger partial charge on any atom is -0.389 e. The molecule has 1 aliphatic carbocycles. The van der Waals surface area contributed by atoms with Gasteiger partial charge in [0.15, 0.2) is 0 Å². The molecule has 0 unspecified atom stereocenters. The van der Waals surface area contributed by atoms with E-state index in [1.165, 1.54) is 4.31 Å². The summed E-state index contributed by atoms with van der Waals surface area (Å²) in [5, 5.41) is 10.2. The van der Waals surface area contributed by atoms with E-state index < -0.39 is 15.8 Å². The van der Waals surface area contributed by atoms with Crippen LogP contribution in [0.3, 0.4) is 0 Å². The van der Waals surface area contributed by atoms with Crippen molar-refractivity contribution in [2.45, 2.75) is 57.5 Å². The molecule has 0 bridgehead atoms. The molecule has 1 fully saturated rings. The first-order valence-electron chi connectivity index (χ1n) is 6.83. The van der Waals surface area contributed by atoms with Gasteiger partial charge in [-0.3, -0.25) is 0 Å². The largest absolute Gasteiger partial charge is 0.389 e. The van der Waals surface area contributed by atoms with E-state index in [4.69, 9.17) is 0 Å². The maximum absolute atomic E-state index is 11.9. The van der Waals surface area contributed by atoms with Crippen molar-refractivity contribution in [2.24, 2.45) is 0 Å². The van der Waals surface area contributed by atoms with Gasteiger partial charge in [-0.05, 0) is 19.3 Å². The summed E-state index contributed by atoms with van der Waals surface area (Å²) in [7, 11) is -1.87. The molecule has 108 valence electrons. The van der Waals surface area contributed by atoms with Crippen molar-refractivity contribution in [3.8, 4) is 0 Å². The molecular weight excluding hydrogens is 252 g/mol. The molecule has 6 heteroatoms. The Bertz CT molecular complexity index is 337. The fourth-order valence-electron chi connectivity index (χ4n) is 2.22. The van der Waals surface area contributed by atoms with Gasteiger partial charge in [0.05, 0.1) is 5.60 Å². The van der Waals surface area contributed by atoms with Crippen LogP contribution >= 0.6 is 0 Å². The number of unbranched alkanes of at least 4 members (excludes halogenated alkanes) is 1. The first-order valence-corrected chi connectivity index (χ1v) is 8.27. The van der Waals surface area contributed by atoms with E-state index in [-0.39, 0.29) is 6.54 Å². The van der Waals surface area contributed by atoms with Crippen molar-refractivity contribution in [3.05, 3.63) is 0 Å². The summed E-state index contributed by atoms with van der Waals surface area (Å²) in [5.74, 6) is 0. The Balaban J connectivity index is 2.45. The third-order valence-electron chi connectivity index (χ3n) is 3.60. The summed E-state index contributed by atoms with van der Waals surface area (Å²) >= 11 is 0. The van der Waals surface area contributed by atoms with E-state index in [1.54, 1.807) is 7.05 Å². The summed E-state index contributed by atoms with van der Waals surface area (Å²) in [6, 6.07) is 0. The second-order valence-electron chi connectivity index (χ2n) is 5.29. The lowest BCUT2D eigenvalue weighted by Gasteiger charge is -2.32. The predicted octanol–water partition coefficient (Wildman–Crippen LogP) is 1.25. The van der Waals surface area contributed by atoms with Crippen LogP contribution in [0, 0.1) is 0 Å². The number of aliphatic hydroxyl groups is 1. The number of hydrogen-bond acceptors (Lipinski definition) is 3. The van der Waals surface area contributed by atoms with Crippen LogP contribution in [-0.2, 0) is 10.2 Å². The molecule has 0 aromatic rings. The Morgan fingerprint density at radius 3 is 2.44 bits per heavy atom. The van der Waals surface area contributed by atoms with Crippen molar-refractivity contribution in [1.82, 2.24) is 9.03 Å².